The van der Waals surface area contributed by atoms with Gasteiger partial charge in [-0.25, -0.2) is 4.79 Å². The molecule has 0 aliphatic carbocycles. The standard InChI is InChI=1S/C19H18N2O3/c1-11-4-5-13(18(22)23)9-16(11)12-6-7-15-14(8-12)10-20-21-17(15)19(2,3)24/h4-10,24H,1-3H3,(H,22,23). The molecule has 2 aromatic carbocycles. The van der Waals surface area contributed by atoms with Crippen LogP contribution in [0.3, 0.4) is 0 Å². The molecule has 0 radical (unpaired) electrons. The number of aryl methyl sites for hydroxylation is 1. The summed E-state index contributed by atoms with van der Waals surface area (Å²) in [5.74, 6) is -0.952. The molecule has 122 valence electrons. The first-order valence-electron chi connectivity index (χ1n) is 7.60. The number of aromatic carboxylic acids is 1. The molecular weight excluding hydrogens is 304 g/mol. The molecule has 2 N–H and O–H groups in total. The molecule has 0 unspecified atom stereocenters. The minimum absolute atomic E-state index is 0.251. The van der Waals surface area contributed by atoms with E-state index in [9.17, 15) is 15.0 Å². The normalized spacial score (nSPS) is 11.7. The van der Waals surface area contributed by atoms with Gasteiger partial charge in [0.2, 0.25) is 0 Å². The van der Waals surface area contributed by atoms with Crippen molar-refractivity contribution in [3.05, 3.63) is 59.4 Å². The molecule has 1 aromatic heterocycles. The summed E-state index contributed by atoms with van der Waals surface area (Å²) in [6.07, 6.45) is 1.64. The molecule has 0 aliphatic heterocycles. The average Bonchev–Trinajstić information content (AvgIpc) is 2.53. The predicted octanol–water partition coefficient (Wildman–Crippen LogP) is 3.53. The first-order chi connectivity index (χ1) is 11.3. The van der Waals surface area contributed by atoms with Crippen LogP contribution in [0.2, 0.25) is 0 Å². The minimum Gasteiger partial charge on any atom is -0.478 e. The molecule has 0 saturated heterocycles. The van der Waals surface area contributed by atoms with Crippen LogP contribution in [-0.4, -0.2) is 26.4 Å². The number of hydrogen-bond acceptors (Lipinski definition) is 4. The van der Waals surface area contributed by atoms with Crippen molar-refractivity contribution in [3.63, 3.8) is 0 Å². The third-order valence-corrected chi connectivity index (χ3v) is 4.04. The summed E-state index contributed by atoms with van der Waals surface area (Å²) in [4.78, 5) is 11.2. The molecule has 0 fully saturated rings. The molecule has 0 aliphatic rings. The highest BCUT2D eigenvalue weighted by Gasteiger charge is 2.21. The monoisotopic (exact) mass is 322 g/mol. The summed E-state index contributed by atoms with van der Waals surface area (Å²) in [5.41, 5.74) is 2.43. The van der Waals surface area contributed by atoms with E-state index in [1.54, 1.807) is 38.2 Å². The van der Waals surface area contributed by atoms with Crippen molar-refractivity contribution < 1.29 is 15.0 Å². The van der Waals surface area contributed by atoms with Crippen molar-refractivity contribution in [2.45, 2.75) is 26.4 Å². The van der Waals surface area contributed by atoms with E-state index in [1.807, 2.05) is 25.1 Å². The quantitative estimate of drug-likeness (QED) is 0.770. The molecule has 0 amide bonds. The van der Waals surface area contributed by atoms with Gasteiger partial charge in [-0.1, -0.05) is 18.2 Å². The number of benzene rings is 2. The lowest BCUT2D eigenvalue weighted by Gasteiger charge is -2.18. The first-order valence-corrected chi connectivity index (χ1v) is 7.60. The molecule has 3 aromatic rings. The molecule has 0 atom stereocenters. The van der Waals surface area contributed by atoms with Gasteiger partial charge in [0.1, 0.15) is 11.3 Å². The van der Waals surface area contributed by atoms with E-state index in [4.69, 9.17) is 0 Å². The van der Waals surface area contributed by atoms with Crippen LogP contribution in [0.5, 0.6) is 0 Å². The van der Waals surface area contributed by atoms with E-state index < -0.39 is 11.6 Å². The summed E-state index contributed by atoms with van der Waals surface area (Å²) in [5, 5.41) is 29.2. The Bertz CT molecular complexity index is 943. The molecule has 0 bridgehead atoms. The van der Waals surface area contributed by atoms with Gasteiger partial charge in [0.25, 0.3) is 0 Å². The maximum atomic E-state index is 11.2. The van der Waals surface area contributed by atoms with E-state index in [-0.39, 0.29) is 5.56 Å². The van der Waals surface area contributed by atoms with Gasteiger partial charge in [-0.2, -0.15) is 10.2 Å². The lowest BCUT2D eigenvalue weighted by atomic mass is 9.94. The zero-order chi connectivity index (χ0) is 17.5. The molecular formula is C19H18N2O3. The Kier molecular flexibility index (Phi) is 3.81. The summed E-state index contributed by atoms with van der Waals surface area (Å²) in [6, 6.07) is 10.8. The summed E-state index contributed by atoms with van der Waals surface area (Å²) in [6.45, 7) is 5.29. The largest absolute Gasteiger partial charge is 0.478 e. The average molecular weight is 322 g/mol. The van der Waals surface area contributed by atoms with E-state index in [0.29, 0.717) is 5.69 Å². The van der Waals surface area contributed by atoms with Gasteiger partial charge >= 0.3 is 5.97 Å². The van der Waals surface area contributed by atoms with Crippen LogP contribution < -0.4 is 0 Å². The van der Waals surface area contributed by atoms with Gasteiger partial charge in [-0.05, 0) is 55.7 Å². The van der Waals surface area contributed by atoms with Crippen molar-refractivity contribution in [2.75, 3.05) is 0 Å². The topological polar surface area (TPSA) is 83.3 Å². The van der Waals surface area contributed by atoms with Crippen LogP contribution in [0, 0.1) is 6.92 Å². The molecule has 3 rings (SSSR count). The Balaban J connectivity index is 2.20. The number of carboxylic acid groups (broad SMARTS) is 1. The minimum atomic E-state index is -1.09. The number of carboxylic acids is 1. The third kappa shape index (κ3) is 2.86. The fourth-order valence-corrected chi connectivity index (χ4v) is 2.77. The predicted molar refractivity (Wildman–Crippen MR) is 91.9 cm³/mol. The Morgan fingerprint density at radius 1 is 1.12 bits per heavy atom. The number of carbonyl (C=O) groups is 1. The molecule has 0 saturated carbocycles. The molecule has 5 heteroatoms. The Morgan fingerprint density at radius 2 is 1.88 bits per heavy atom. The van der Waals surface area contributed by atoms with Crippen molar-refractivity contribution in [1.82, 2.24) is 10.2 Å². The smallest absolute Gasteiger partial charge is 0.335 e. The summed E-state index contributed by atoms with van der Waals surface area (Å²) >= 11 is 0. The second-order valence-electron chi connectivity index (χ2n) is 6.39. The molecule has 0 spiro atoms. The fraction of sp³-hybridized carbons (Fsp3) is 0.211. The fourth-order valence-electron chi connectivity index (χ4n) is 2.77. The lowest BCUT2D eigenvalue weighted by Crippen LogP contribution is -2.18. The van der Waals surface area contributed by atoms with Crippen LogP contribution in [0.15, 0.2) is 42.6 Å². The van der Waals surface area contributed by atoms with Gasteiger partial charge in [0.05, 0.1) is 11.8 Å². The van der Waals surface area contributed by atoms with Crippen LogP contribution in [0.4, 0.5) is 0 Å². The second-order valence-corrected chi connectivity index (χ2v) is 6.39. The second kappa shape index (κ2) is 5.69. The highest BCUT2D eigenvalue weighted by Crippen LogP contribution is 2.31. The lowest BCUT2D eigenvalue weighted by molar-refractivity contribution is 0.0695. The SMILES string of the molecule is Cc1ccc(C(=O)O)cc1-c1ccc2c(C(C)(C)O)nncc2c1. The number of hydrogen-bond donors (Lipinski definition) is 2. The van der Waals surface area contributed by atoms with Crippen molar-refractivity contribution in [2.24, 2.45) is 0 Å². The van der Waals surface area contributed by atoms with Gasteiger partial charge in [0.15, 0.2) is 0 Å². The van der Waals surface area contributed by atoms with Crippen LogP contribution in [-0.2, 0) is 5.60 Å². The van der Waals surface area contributed by atoms with Crippen LogP contribution >= 0.6 is 0 Å². The van der Waals surface area contributed by atoms with Gasteiger partial charge in [-0.15, -0.1) is 0 Å². The van der Waals surface area contributed by atoms with E-state index >= 15 is 0 Å². The van der Waals surface area contributed by atoms with Crippen molar-refractivity contribution in [1.29, 1.82) is 0 Å². The molecule has 1 heterocycles. The van der Waals surface area contributed by atoms with Crippen LogP contribution in [0.1, 0.15) is 35.5 Å². The van der Waals surface area contributed by atoms with Crippen LogP contribution in [0.25, 0.3) is 21.9 Å². The molecule has 24 heavy (non-hydrogen) atoms. The maximum Gasteiger partial charge on any atom is 0.335 e. The third-order valence-electron chi connectivity index (χ3n) is 4.04. The highest BCUT2D eigenvalue weighted by molar-refractivity contribution is 5.92. The summed E-state index contributed by atoms with van der Waals surface area (Å²) in [7, 11) is 0. The van der Waals surface area contributed by atoms with E-state index in [1.165, 1.54) is 0 Å². The Morgan fingerprint density at radius 3 is 2.54 bits per heavy atom. The first kappa shape index (κ1) is 16.1. The van der Waals surface area contributed by atoms with Crippen molar-refractivity contribution in [3.8, 4) is 11.1 Å². The summed E-state index contributed by atoms with van der Waals surface area (Å²) < 4.78 is 0. The van der Waals surface area contributed by atoms with Gasteiger partial charge < -0.3 is 10.2 Å². The Labute approximate surface area is 139 Å². The maximum absolute atomic E-state index is 11.2. The van der Waals surface area contributed by atoms with Crippen molar-refractivity contribution >= 4 is 16.7 Å². The Hall–Kier alpha value is -2.79. The number of aromatic nitrogens is 2. The number of fused-ring (bicyclic) bond motifs is 1. The van der Waals surface area contributed by atoms with Gasteiger partial charge in [-0.3, -0.25) is 0 Å². The number of rotatable bonds is 3. The van der Waals surface area contributed by atoms with E-state index in [2.05, 4.69) is 10.2 Å². The molecule has 5 nitrogen and oxygen atoms in total. The van der Waals surface area contributed by atoms with Gasteiger partial charge in [0, 0.05) is 10.8 Å². The zero-order valence-electron chi connectivity index (χ0n) is 13.7. The highest BCUT2D eigenvalue weighted by atomic mass is 16.4. The van der Waals surface area contributed by atoms with E-state index in [0.717, 1.165) is 27.5 Å². The zero-order valence-corrected chi connectivity index (χ0v) is 13.7. The number of aliphatic hydroxyl groups is 1. The number of nitrogens with zero attached hydrogens (tertiary/aromatic N) is 2.